The number of hydrogen-bond acceptors (Lipinski definition) is 1. The van der Waals surface area contributed by atoms with Crippen molar-refractivity contribution in [3.05, 3.63) is 137 Å². The third-order valence-corrected chi connectivity index (χ3v) is 15.8. The van der Waals surface area contributed by atoms with Crippen LogP contribution >= 0.6 is 0 Å². The fourth-order valence-electron chi connectivity index (χ4n) is 9.95. The smallest absolute Gasteiger partial charge is 0.213 e. The molecule has 3 heteroatoms. The number of hydrogen-bond donors (Lipinski definition) is 0. The molecule has 4 aliphatic rings. The number of pyridine rings is 1. The second-order valence-electron chi connectivity index (χ2n) is 17.8. The lowest BCUT2D eigenvalue weighted by Crippen LogP contribution is -2.41. The van der Waals surface area contributed by atoms with E-state index in [0.29, 0.717) is 11.5 Å². The quantitative estimate of drug-likeness (QED) is 0.108. The van der Waals surface area contributed by atoms with Crippen LogP contribution in [-0.4, -0.2) is 19.8 Å². The van der Waals surface area contributed by atoms with Crippen molar-refractivity contribution in [3.63, 3.8) is 0 Å². The Morgan fingerprint density at radius 1 is 0.788 bits per heavy atom. The Labute approximate surface area is 314 Å². The van der Waals surface area contributed by atoms with E-state index in [1.165, 1.54) is 108 Å². The Morgan fingerprint density at radius 3 is 2.35 bits per heavy atom. The molecule has 0 saturated heterocycles. The van der Waals surface area contributed by atoms with E-state index in [2.05, 4.69) is 128 Å². The third kappa shape index (κ3) is 7.23. The second kappa shape index (κ2) is 14.9. The number of rotatable bonds is 6. The van der Waals surface area contributed by atoms with E-state index in [4.69, 9.17) is 11.6 Å². The molecule has 0 N–H and O–H groups in total. The largest absolute Gasteiger partial charge is 0.276 e. The summed E-state index contributed by atoms with van der Waals surface area (Å²) < 4.78 is 2.50. The van der Waals surface area contributed by atoms with Crippen LogP contribution in [-0.2, 0) is 25.8 Å². The molecular formula is C49H59N2Si+. The van der Waals surface area contributed by atoms with E-state index in [9.17, 15) is 0 Å². The molecule has 2 aliphatic heterocycles. The van der Waals surface area contributed by atoms with Gasteiger partial charge >= 0.3 is 0 Å². The minimum atomic E-state index is -1.42. The van der Waals surface area contributed by atoms with Gasteiger partial charge in [0.1, 0.15) is 0 Å². The molecule has 0 bridgehead atoms. The molecule has 3 unspecified atom stereocenters. The van der Waals surface area contributed by atoms with Crippen molar-refractivity contribution in [1.82, 2.24) is 0 Å². The van der Waals surface area contributed by atoms with Gasteiger partial charge in [0.15, 0.2) is 12.7 Å². The molecule has 1 aromatic heterocycles. The molecule has 8 rings (SSSR count). The summed E-state index contributed by atoms with van der Waals surface area (Å²) in [5, 5.41) is 0. The molecule has 1 saturated carbocycles. The molecular weight excluding hydrogens is 645 g/mol. The molecule has 4 aromatic rings. The van der Waals surface area contributed by atoms with Crippen LogP contribution < -0.4 is 4.57 Å². The van der Waals surface area contributed by atoms with E-state index >= 15 is 0 Å². The fraction of sp³-hybridized carbons (Fsp3) is 0.429. The van der Waals surface area contributed by atoms with E-state index in [1.54, 1.807) is 5.56 Å². The summed E-state index contributed by atoms with van der Waals surface area (Å²) in [5.41, 5.74) is 15.6. The lowest BCUT2D eigenvalue weighted by molar-refractivity contribution is -0.678. The predicted molar refractivity (Wildman–Crippen MR) is 223 cm³/mol. The van der Waals surface area contributed by atoms with E-state index < -0.39 is 8.07 Å². The highest BCUT2D eigenvalue weighted by atomic mass is 28.3. The predicted octanol–water partition coefficient (Wildman–Crippen LogP) is 12.1. The molecule has 1 fully saturated rings. The van der Waals surface area contributed by atoms with Gasteiger partial charge in [-0.3, -0.25) is 4.99 Å². The minimum Gasteiger partial charge on any atom is -0.276 e. The van der Waals surface area contributed by atoms with Gasteiger partial charge in [0.05, 0.1) is 19.8 Å². The molecule has 0 radical (unpaired) electrons. The van der Waals surface area contributed by atoms with Gasteiger partial charge in [-0.05, 0) is 108 Å². The zero-order valence-electron chi connectivity index (χ0n) is 32.2. The van der Waals surface area contributed by atoms with Crippen LogP contribution in [0.4, 0.5) is 0 Å². The lowest BCUT2D eigenvalue weighted by Gasteiger charge is -2.34. The number of aliphatic imine (C=N–C) groups is 1. The SMILES string of the molecule is C=C1C[n+]2cc(-c3cccc4c3CCCC4)ccc2-c2ccccc2CCC2c3ccccc3C(/C=C\C(CC3CCC(C)CC3)[Si](C)(C)C)=NC12. The molecule has 268 valence electrons. The lowest BCUT2D eigenvalue weighted by atomic mass is 9.77. The molecule has 0 amide bonds. The maximum absolute atomic E-state index is 5.71. The van der Waals surface area contributed by atoms with Crippen LogP contribution in [0.5, 0.6) is 0 Å². The molecule has 0 spiro atoms. The first-order valence-corrected chi connectivity index (χ1v) is 24.1. The third-order valence-electron chi connectivity index (χ3n) is 13.2. The highest BCUT2D eigenvalue weighted by Gasteiger charge is 2.36. The number of benzene rings is 3. The first kappa shape index (κ1) is 35.2. The number of fused-ring (bicyclic) bond motifs is 7. The van der Waals surface area contributed by atoms with Crippen molar-refractivity contribution >= 4 is 13.8 Å². The number of nitrogens with zero attached hydrogens (tertiary/aromatic N) is 2. The molecule has 3 heterocycles. The van der Waals surface area contributed by atoms with Crippen molar-refractivity contribution in [2.75, 3.05) is 0 Å². The van der Waals surface area contributed by atoms with Crippen LogP contribution in [0.2, 0.25) is 25.2 Å². The molecule has 52 heavy (non-hydrogen) atoms. The fourth-order valence-corrected chi connectivity index (χ4v) is 11.7. The van der Waals surface area contributed by atoms with Gasteiger partial charge in [0.2, 0.25) is 5.69 Å². The summed E-state index contributed by atoms with van der Waals surface area (Å²) in [7, 11) is -1.42. The highest BCUT2D eigenvalue weighted by Crippen LogP contribution is 2.42. The summed E-state index contributed by atoms with van der Waals surface area (Å²) in [6.45, 7) is 15.8. The van der Waals surface area contributed by atoms with E-state index in [1.807, 2.05) is 0 Å². The van der Waals surface area contributed by atoms with Crippen molar-refractivity contribution in [3.8, 4) is 22.4 Å². The van der Waals surface area contributed by atoms with Crippen molar-refractivity contribution in [1.29, 1.82) is 0 Å². The number of aryl methyl sites for hydroxylation is 2. The summed E-state index contributed by atoms with van der Waals surface area (Å²) in [6, 6.07) is 30.0. The van der Waals surface area contributed by atoms with Crippen molar-refractivity contribution in [2.45, 2.75) is 121 Å². The van der Waals surface area contributed by atoms with Gasteiger partial charge in [0.25, 0.3) is 0 Å². The summed E-state index contributed by atoms with van der Waals surface area (Å²) in [5.74, 6) is 2.07. The summed E-state index contributed by atoms with van der Waals surface area (Å²) in [6.07, 6.45) is 21.4. The minimum absolute atomic E-state index is 0.0402. The maximum Gasteiger partial charge on any atom is 0.213 e. The number of aromatic nitrogens is 1. The van der Waals surface area contributed by atoms with Gasteiger partial charge in [0, 0.05) is 34.2 Å². The zero-order valence-corrected chi connectivity index (χ0v) is 33.2. The first-order valence-electron chi connectivity index (χ1n) is 20.5. The Hall–Kier alpha value is -3.82. The standard InChI is InChI=1S/C49H59N2Si/c1-34-21-23-36(24-22-34)31-40(52(3,4)5)27-29-47-45-19-11-10-18-44(45)46-28-25-38-14-7-9-17-43(38)48-30-26-39(33-51(48)32-35(2)49(46)50-47)42-20-12-15-37-13-6-8-16-41(37)42/h7,9-12,14-15,17-20,26-27,29-30,33-34,36,40,46,49H,2,6,8,13,16,21-25,28,31-32H2,1,3-5H3/q+1/b29-27-. The van der Waals surface area contributed by atoms with Crippen molar-refractivity contribution in [2.24, 2.45) is 16.8 Å². The molecule has 2 nitrogen and oxygen atoms in total. The highest BCUT2D eigenvalue weighted by molar-refractivity contribution is 6.78. The van der Waals surface area contributed by atoms with Crippen LogP contribution in [0.15, 0.2) is 114 Å². The van der Waals surface area contributed by atoms with Gasteiger partial charge < -0.3 is 0 Å². The first-order chi connectivity index (χ1) is 25.2. The van der Waals surface area contributed by atoms with E-state index in [-0.39, 0.29) is 6.04 Å². The summed E-state index contributed by atoms with van der Waals surface area (Å²) in [4.78, 5) is 5.71. The van der Waals surface area contributed by atoms with Gasteiger partial charge in [-0.15, -0.1) is 0 Å². The Morgan fingerprint density at radius 2 is 1.52 bits per heavy atom. The number of allylic oxidation sites excluding steroid dienone is 2. The van der Waals surface area contributed by atoms with Crippen LogP contribution in [0.1, 0.15) is 92.0 Å². The van der Waals surface area contributed by atoms with Crippen LogP contribution in [0.3, 0.4) is 0 Å². The molecule has 3 atom stereocenters. The Bertz CT molecular complexity index is 2000. The second-order valence-corrected chi connectivity index (χ2v) is 23.3. The summed E-state index contributed by atoms with van der Waals surface area (Å²) >= 11 is 0. The average molecular weight is 704 g/mol. The van der Waals surface area contributed by atoms with Gasteiger partial charge in [-0.2, -0.15) is 4.57 Å². The van der Waals surface area contributed by atoms with E-state index in [0.717, 1.165) is 36.9 Å². The Kier molecular flexibility index (Phi) is 10.1. The van der Waals surface area contributed by atoms with Crippen LogP contribution in [0.25, 0.3) is 22.4 Å². The zero-order chi connectivity index (χ0) is 35.8. The monoisotopic (exact) mass is 703 g/mol. The maximum atomic E-state index is 5.71. The van der Waals surface area contributed by atoms with Crippen molar-refractivity contribution < 1.29 is 4.57 Å². The Balaban J connectivity index is 1.18. The average Bonchev–Trinajstić information content (AvgIpc) is 3.15. The van der Waals surface area contributed by atoms with Gasteiger partial charge in [-0.1, -0.05) is 126 Å². The molecule has 2 aliphatic carbocycles. The molecule has 3 aromatic carbocycles. The normalized spacial score (nSPS) is 23.8. The topological polar surface area (TPSA) is 16.2 Å². The van der Waals surface area contributed by atoms with Crippen LogP contribution in [0, 0.1) is 11.8 Å². The van der Waals surface area contributed by atoms with Gasteiger partial charge in [-0.25, -0.2) is 0 Å².